The highest BCUT2D eigenvalue weighted by Gasteiger charge is 2.28. The van der Waals surface area contributed by atoms with Crippen LogP contribution < -0.4 is 5.32 Å². The fraction of sp³-hybridized carbons (Fsp3) is 0.625. The average Bonchev–Trinajstić information content (AvgIpc) is 3.30. The number of benzene rings is 1. The molecule has 0 atom stereocenters. The van der Waals surface area contributed by atoms with Crippen LogP contribution in [0.1, 0.15) is 45.1 Å². The third-order valence-corrected chi connectivity index (χ3v) is 6.26. The smallest absolute Gasteiger partial charge is 0.243 e. The molecule has 1 fully saturated rings. The van der Waals surface area contributed by atoms with Crippen LogP contribution in [0.15, 0.2) is 29.2 Å². The van der Waals surface area contributed by atoms with E-state index in [-0.39, 0.29) is 6.04 Å². The van der Waals surface area contributed by atoms with Gasteiger partial charge >= 0.3 is 0 Å². The number of hydrogen-bond acceptors (Lipinski definition) is 3. The molecule has 1 aromatic carbocycles. The molecule has 5 heteroatoms. The lowest BCUT2D eigenvalue weighted by Crippen LogP contribution is -2.37. The molecule has 2 rings (SSSR count). The zero-order chi connectivity index (χ0) is 15.5. The number of rotatable bonds is 8. The van der Waals surface area contributed by atoms with E-state index < -0.39 is 10.0 Å². The van der Waals surface area contributed by atoms with Crippen molar-refractivity contribution < 1.29 is 8.42 Å². The maximum atomic E-state index is 12.9. The summed E-state index contributed by atoms with van der Waals surface area (Å²) in [5.74, 6) is 0. The van der Waals surface area contributed by atoms with E-state index in [1.165, 1.54) is 17.1 Å². The van der Waals surface area contributed by atoms with Crippen LogP contribution in [0.2, 0.25) is 0 Å². The Hall–Kier alpha value is -0.910. The minimum absolute atomic E-state index is 0.0550. The van der Waals surface area contributed by atoms with E-state index >= 15 is 0 Å². The molecule has 0 spiro atoms. The molecule has 21 heavy (non-hydrogen) atoms. The standard InChI is InChI=1S/C16H26N2O2S/c1-4-15(5-2)18(3)21(19,20)16-9-7-6-8-13(16)12-17-14-10-11-14/h6-9,14-15,17H,4-5,10-12H2,1-3H3. The summed E-state index contributed by atoms with van der Waals surface area (Å²) in [5, 5.41) is 3.40. The topological polar surface area (TPSA) is 49.4 Å². The first kappa shape index (κ1) is 16.5. The third kappa shape index (κ3) is 3.84. The van der Waals surface area contributed by atoms with Crippen molar-refractivity contribution in [2.75, 3.05) is 7.05 Å². The SMILES string of the molecule is CCC(CC)N(C)S(=O)(=O)c1ccccc1CNC1CC1. The van der Waals surface area contributed by atoms with E-state index in [4.69, 9.17) is 0 Å². The highest BCUT2D eigenvalue weighted by atomic mass is 32.2. The fourth-order valence-corrected chi connectivity index (χ4v) is 4.32. The van der Waals surface area contributed by atoms with Crippen molar-refractivity contribution in [1.29, 1.82) is 0 Å². The highest BCUT2D eigenvalue weighted by Crippen LogP contribution is 2.24. The Kier molecular flexibility index (Phi) is 5.41. The summed E-state index contributed by atoms with van der Waals surface area (Å²) < 4.78 is 27.3. The lowest BCUT2D eigenvalue weighted by molar-refractivity contribution is 0.349. The molecule has 0 bridgehead atoms. The first-order valence-corrected chi connectivity index (χ1v) is 9.24. The Morgan fingerprint density at radius 3 is 2.43 bits per heavy atom. The molecule has 1 N–H and O–H groups in total. The molecule has 0 unspecified atom stereocenters. The maximum Gasteiger partial charge on any atom is 0.243 e. The van der Waals surface area contributed by atoms with E-state index in [1.54, 1.807) is 19.2 Å². The van der Waals surface area contributed by atoms with Crippen LogP contribution in [0.25, 0.3) is 0 Å². The second kappa shape index (κ2) is 6.90. The van der Waals surface area contributed by atoms with Crippen molar-refractivity contribution in [3.8, 4) is 0 Å². The normalized spacial score (nSPS) is 15.9. The zero-order valence-electron chi connectivity index (χ0n) is 13.2. The molecule has 0 heterocycles. The molecular weight excluding hydrogens is 284 g/mol. The third-order valence-electron chi connectivity index (χ3n) is 4.24. The fourth-order valence-electron chi connectivity index (χ4n) is 2.60. The molecule has 1 aliphatic rings. The summed E-state index contributed by atoms with van der Waals surface area (Å²) in [6, 6.07) is 7.95. The molecule has 0 saturated heterocycles. The van der Waals surface area contributed by atoms with Gasteiger partial charge in [-0.3, -0.25) is 0 Å². The van der Waals surface area contributed by atoms with E-state index in [0.717, 1.165) is 18.4 Å². The second-order valence-electron chi connectivity index (χ2n) is 5.75. The number of nitrogens with one attached hydrogen (secondary N) is 1. The summed E-state index contributed by atoms with van der Waals surface area (Å²) in [7, 11) is -1.73. The van der Waals surface area contributed by atoms with Gasteiger partial charge in [-0.2, -0.15) is 4.31 Å². The summed E-state index contributed by atoms with van der Waals surface area (Å²) in [5.41, 5.74) is 0.863. The van der Waals surface area contributed by atoms with E-state index in [9.17, 15) is 8.42 Å². The molecule has 1 aliphatic carbocycles. The van der Waals surface area contributed by atoms with Crippen molar-refractivity contribution in [3.05, 3.63) is 29.8 Å². The van der Waals surface area contributed by atoms with Crippen molar-refractivity contribution in [1.82, 2.24) is 9.62 Å². The van der Waals surface area contributed by atoms with Crippen molar-refractivity contribution >= 4 is 10.0 Å². The summed E-state index contributed by atoms with van der Waals surface area (Å²) in [6.45, 7) is 4.68. The van der Waals surface area contributed by atoms with Gasteiger partial charge in [-0.1, -0.05) is 32.0 Å². The van der Waals surface area contributed by atoms with Gasteiger partial charge in [0.05, 0.1) is 4.90 Å². The van der Waals surface area contributed by atoms with Gasteiger partial charge in [-0.15, -0.1) is 0 Å². The minimum Gasteiger partial charge on any atom is -0.310 e. The molecule has 0 amide bonds. The van der Waals surface area contributed by atoms with E-state index in [0.29, 0.717) is 17.5 Å². The molecule has 0 aliphatic heterocycles. The lowest BCUT2D eigenvalue weighted by atomic mass is 10.2. The maximum absolute atomic E-state index is 12.9. The molecule has 1 saturated carbocycles. The van der Waals surface area contributed by atoms with Gasteiger partial charge in [-0.05, 0) is 37.3 Å². The van der Waals surface area contributed by atoms with Crippen molar-refractivity contribution in [2.24, 2.45) is 0 Å². The Morgan fingerprint density at radius 1 is 1.24 bits per heavy atom. The van der Waals surface area contributed by atoms with Gasteiger partial charge in [0.15, 0.2) is 0 Å². The lowest BCUT2D eigenvalue weighted by Gasteiger charge is -2.26. The molecule has 1 aromatic rings. The minimum atomic E-state index is -3.43. The summed E-state index contributed by atoms with van der Waals surface area (Å²) >= 11 is 0. The van der Waals surface area contributed by atoms with Gasteiger partial charge in [-0.25, -0.2) is 8.42 Å². The van der Waals surface area contributed by atoms with Gasteiger partial charge in [0, 0.05) is 25.7 Å². The number of hydrogen-bond donors (Lipinski definition) is 1. The van der Waals surface area contributed by atoms with Crippen molar-refractivity contribution in [3.63, 3.8) is 0 Å². The monoisotopic (exact) mass is 310 g/mol. The first-order valence-electron chi connectivity index (χ1n) is 7.80. The van der Waals surface area contributed by atoms with E-state index in [1.807, 2.05) is 26.0 Å². The molecule has 118 valence electrons. The van der Waals surface area contributed by atoms with Crippen LogP contribution in [0, 0.1) is 0 Å². The first-order chi connectivity index (χ1) is 10.0. The molecular formula is C16H26N2O2S. The van der Waals surface area contributed by atoms with Crippen LogP contribution in [0.3, 0.4) is 0 Å². The summed E-state index contributed by atoms with van der Waals surface area (Å²) in [4.78, 5) is 0.438. The Balaban J connectivity index is 2.25. The van der Waals surface area contributed by atoms with Gasteiger partial charge in [0.2, 0.25) is 10.0 Å². The van der Waals surface area contributed by atoms with Crippen LogP contribution in [-0.2, 0) is 16.6 Å². The predicted octanol–water partition coefficient (Wildman–Crippen LogP) is 2.75. The number of nitrogens with zero attached hydrogens (tertiary/aromatic N) is 1. The molecule has 0 radical (unpaired) electrons. The molecule has 0 aromatic heterocycles. The van der Waals surface area contributed by atoms with Crippen LogP contribution in [-0.4, -0.2) is 31.9 Å². The number of sulfonamides is 1. The van der Waals surface area contributed by atoms with Crippen molar-refractivity contribution in [2.45, 2.75) is 63.1 Å². The second-order valence-corrected chi connectivity index (χ2v) is 7.72. The Labute approximate surface area is 128 Å². The van der Waals surface area contributed by atoms with Crippen LogP contribution in [0.4, 0.5) is 0 Å². The Bertz CT molecular complexity index is 563. The van der Waals surface area contributed by atoms with Gasteiger partial charge < -0.3 is 5.32 Å². The molecule has 4 nitrogen and oxygen atoms in total. The quantitative estimate of drug-likeness (QED) is 0.803. The van der Waals surface area contributed by atoms with Gasteiger partial charge in [0.25, 0.3) is 0 Å². The average molecular weight is 310 g/mol. The highest BCUT2D eigenvalue weighted by molar-refractivity contribution is 7.89. The Morgan fingerprint density at radius 2 is 1.86 bits per heavy atom. The summed E-state index contributed by atoms with van der Waals surface area (Å²) in [6.07, 6.45) is 4.05. The van der Waals surface area contributed by atoms with Crippen LogP contribution in [0.5, 0.6) is 0 Å². The zero-order valence-corrected chi connectivity index (χ0v) is 14.0. The van der Waals surface area contributed by atoms with Gasteiger partial charge in [0.1, 0.15) is 0 Å². The van der Waals surface area contributed by atoms with E-state index in [2.05, 4.69) is 5.32 Å². The largest absolute Gasteiger partial charge is 0.310 e. The predicted molar refractivity (Wildman–Crippen MR) is 85.6 cm³/mol. The van der Waals surface area contributed by atoms with Crippen LogP contribution >= 0.6 is 0 Å².